The number of hydrogen-bond acceptors (Lipinski definition) is 6. The Bertz CT molecular complexity index is 741. The van der Waals surface area contributed by atoms with Crippen molar-refractivity contribution in [2.24, 2.45) is 0 Å². The summed E-state index contributed by atoms with van der Waals surface area (Å²) in [4.78, 5) is 25.3. The number of carbonyl (C=O) groups excluding carboxylic acids is 1. The second kappa shape index (κ2) is 10.1. The highest BCUT2D eigenvalue weighted by Crippen LogP contribution is 2.16. The van der Waals surface area contributed by atoms with Crippen LogP contribution in [0.2, 0.25) is 5.02 Å². The lowest BCUT2D eigenvalue weighted by atomic mass is 10.1. The van der Waals surface area contributed by atoms with E-state index >= 15 is 0 Å². The van der Waals surface area contributed by atoms with E-state index in [9.17, 15) is 4.79 Å². The van der Waals surface area contributed by atoms with E-state index in [2.05, 4.69) is 15.2 Å². The van der Waals surface area contributed by atoms with Crippen molar-refractivity contribution in [1.82, 2.24) is 24.7 Å². The lowest BCUT2D eigenvalue weighted by Gasteiger charge is -2.22. The summed E-state index contributed by atoms with van der Waals surface area (Å²) in [7, 11) is 0. The highest BCUT2D eigenvalue weighted by molar-refractivity contribution is 6.30. The van der Waals surface area contributed by atoms with Gasteiger partial charge >= 0.3 is 0 Å². The number of amides is 1. The van der Waals surface area contributed by atoms with Gasteiger partial charge < -0.3 is 14.5 Å². The van der Waals surface area contributed by atoms with Crippen LogP contribution >= 0.6 is 11.6 Å². The Hall–Kier alpha value is -2.39. The standard InChI is InChI=1S/C16H22ClN5O2.CH2O2/c1-12-15(13(2)24-19-12)16(23)21-5-3-4-20(6-8-21)7-9-22-11-14(17)10-18-22;2-1-3/h10-11H,3-9H2,1-2H3;1H,(H,2,3). The average molecular weight is 398 g/mol. The molecule has 0 aliphatic carbocycles. The molecule has 1 fully saturated rings. The molecule has 3 heterocycles. The van der Waals surface area contributed by atoms with Crippen molar-refractivity contribution in [2.45, 2.75) is 26.8 Å². The molecule has 3 rings (SSSR count). The van der Waals surface area contributed by atoms with Crippen LogP contribution in [-0.4, -0.2) is 74.9 Å². The number of nitrogens with zero attached hydrogens (tertiary/aromatic N) is 5. The summed E-state index contributed by atoms with van der Waals surface area (Å²) in [5, 5.41) is 15.6. The first kappa shape index (κ1) is 20.9. The lowest BCUT2D eigenvalue weighted by Crippen LogP contribution is -2.36. The minimum Gasteiger partial charge on any atom is -0.483 e. The Morgan fingerprint density at radius 1 is 1.30 bits per heavy atom. The third-order valence-electron chi connectivity index (χ3n) is 4.37. The molecule has 0 spiro atoms. The van der Waals surface area contributed by atoms with Crippen molar-refractivity contribution in [2.75, 3.05) is 32.7 Å². The maximum absolute atomic E-state index is 12.7. The van der Waals surface area contributed by atoms with Gasteiger partial charge in [0.25, 0.3) is 12.4 Å². The largest absolute Gasteiger partial charge is 0.483 e. The molecule has 1 saturated heterocycles. The lowest BCUT2D eigenvalue weighted by molar-refractivity contribution is -0.122. The highest BCUT2D eigenvalue weighted by atomic mass is 35.5. The van der Waals surface area contributed by atoms with Crippen LogP contribution in [0.5, 0.6) is 0 Å². The number of aromatic nitrogens is 3. The molecule has 148 valence electrons. The van der Waals surface area contributed by atoms with E-state index in [0.717, 1.165) is 39.1 Å². The third kappa shape index (κ3) is 5.80. The van der Waals surface area contributed by atoms with Gasteiger partial charge in [0.1, 0.15) is 11.3 Å². The van der Waals surface area contributed by atoms with E-state index in [-0.39, 0.29) is 12.4 Å². The maximum Gasteiger partial charge on any atom is 0.290 e. The van der Waals surface area contributed by atoms with Gasteiger partial charge in [-0.15, -0.1) is 0 Å². The smallest absolute Gasteiger partial charge is 0.290 e. The van der Waals surface area contributed by atoms with E-state index in [1.807, 2.05) is 22.7 Å². The predicted molar refractivity (Wildman–Crippen MR) is 98.9 cm³/mol. The molecule has 0 saturated carbocycles. The van der Waals surface area contributed by atoms with E-state index in [0.29, 0.717) is 28.6 Å². The second-order valence-corrected chi connectivity index (χ2v) is 6.65. The topological polar surface area (TPSA) is 105 Å². The Morgan fingerprint density at radius 3 is 2.63 bits per heavy atom. The van der Waals surface area contributed by atoms with Crippen LogP contribution in [0.4, 0.5) is 0 Å². The molecule has 1 amide bonds. The Balaban J connectivity index is 0.000000817. The van der Waals surface area contributed by atoms with Crippen molar-refractivity contribution in [3.8, 4) is 0 Å². The fraction of sp³-hybridized carbons (Fsp3) is 0.529. The van der Waals surface area contributed by atoms with E-state index in [1.165, 1.54) is 0 Å². The van der Waals surface area contributed by atoms with Crippen LogP contribution in [-0.2, 0) is 11.3 Å². The summed E-state index contributed by atoms with van der Waals surface area (Å²) in [5.41, 5.74) is 1.27. The Kier molecular flexibility index (Phi) is 7.81. The van der Waals surface area contributed by atoms with Gasteiger partial charge in [-0.3, -0.25) is 19.2 Å². The summed E-state index contributed by atoms with van der Waals surface area (Å²) in [5.74, 6) is 0.612. The molecule has 1 aliphatic heterocycles. The fourth-order valence-electron chi connectivity index (χ4n) is 3.05. The average Bonchev–Trinajstić information content (AvgIpc) is 3.10. The highest BCUT2D eigenvalue weighted by Gasteiger charge is 2.25. The number of halogens is 1. The maximum atomic E-state index is 12.7. The number of carbonyl (C=O) groups is 2. The van der Waals surface area contributed by atoms with E-state index < -0.39 is 0 Å². The number of carboxylic acid groups (broad SMARTS) is 1. The normalized spacial score (nSPS) is 15.0. The zero-order valence-corrected chi connectivity index (χ0v) is 16.2. The molecule has 0 atom stereocenters. The molecule has 0 radical (unpaired) electrons. The molecular weight excluding hydrogens is 374 g/mol. The summed E-state index contributed by atoms with van der Waals surface area (Å²) >= 11 is 5.88. The van der Waals surface area contributed by atoms with Gasteiger partial charge in [0.15, 0.2) is 0 Å². The van der Waals surface area contributed by atoms with Gasteiger partial charge in [0.05, 0.1) is 23.5 Å². The summed E-state index contributed by atoms with van der Waals surface area (Å²) < 4.78 is 6.97. The van der Waals surface area contributed by atoms with E-state index in [1.54, 1.807) is 13.1 Å². The first-order valence-corrected chi connectivity index (χ1v) is 9.04. The molecule has 0 unspecified atom stereocenters. The summed E-state index contributed by atoms with van der Waals surface area (Å²) in [6, 6.07) is 0. The van der Waals surface area contributed by atoms with Crippen molar-refractivity contribution in [1.29, 1.82) is 0 Å². The molecule has 9 nitrogen and oxygen atoms in total. The number of aryl methyl sites for hydroxylation is 2. The molecule has 10 heteroatoms. The zero-order valence-electron chi connectivity index (χ0n) is 15.5. The molecule has 1 aliphatic rings. The first-order valence-electron chi connectivity index (χ1n) is 8.66. The third-order valence-corrected chi connectivity index (χ3v) is 4.57. The van der Waals surface area contributed by atoms with Gasteiger partial charge in [0, 0.05) is 32.4 Å². The van der Waals surface area contributed by atoms with Crippen LogP contribution in [0.1, 0.15) is 28.2 Å². The number of hydrogen-bond donors (Lipinski definition) is 1. The molecule has 0 aromatic carbocycles. The predicted octanol–water partition coefficient (Wildman–Crippen LogP) is 1.69. The van der Waals surface area contributed by atoms with Gasteiger partial charge in [-0.1, -0.05) is 16.8 Å². The minimum atomic E-state index is -0.250. The van der Waals surface area contributed by atoms with E-state index in [4.69, 9.17) is 26.0 Å². The number of rotatable bonds is 4. The van der Waals surface area contributed by atoms with Crippen LogP contribution in [0.15, 0.2) is 16.9 Å². The van der Waals surface area contributed by atoms with Gasteiger partial charge in [0.2, 0.25) is 0 Å². The molecule has 2 aromatic heterocycles. The quantitative estimate of drug-likeness (QED) is 0.782. The van der Waals surface area contributed by atoms with Gasteiger partial charge in [-0.25, -0.2) is 0 Å². The van der Waals surface area contributed by atoms with Crippen LogP contribution in [0.3, 0.4) is 0 Å². The first-order chi connectivity index (χ1) is 13.0. The molecule has 2 aromatic rings. The van der Waals surface area contributed by atoms with Crippen molar-refractivity contribution < 1.29 is 19.2 Å². The van der Waals surface area contributed by atoms with Crippen LogP contribution < -0.4 is 0 Å². The fourth-order valence-corrected chi connectivity index (χ4v) is 3.20. The summed E-state index contributed by atoms with van der Waals surface area (Å²) in [6.45, 7) is 8.33. The summed E-state index contributed by atoms with van der Waals surface area (Å²) in [6.07, 6.45) is 4.43. The van der Waals surface area contributed by atoms with Crippen LogP contribution in [0, 0.1) is 13.8 Å². The second-order valence-electron chi connectivity index (χ2n) is 6.21. The molecule has 27 heavy (non-hydrogen) atoms. The monoisotopic (exact) mass is 397 g/mol. The minimum absolute atomic E-state index is 0.0203. The zero-order chi connectivity index (χ0) is 19.8. The van der Waals surface area contributed by atoms with Crippen molar-refractivity contribution in [3.05, 3.63) is 34.4 Å². The van der Waals surface area contributed by atoms with Gasteiger partial charge in [-0.05, 0) is 26.8 Å². The molecule has 0 bridgehead atoms. The Labute approximate surface area is 162 Å². The molecule has 1 N–H and O–H groups in total. The Morgan fingerprint density at radius 2 is 2.04 bits per heavy atom. The SMILES string of the molecule is Cc1noc(C)c1C(=O)N1CCCN(CCn2cc(Cl)cn2)CC1.O=CO. The van der Waals surface area contributed by atoms with Crippen molar-refractivity contribution >= 4 is 24.0 Å². The molecular formula is C17H24ClN5O4. The van der Waals surface area contributed by atoms with Crippen LogP contribution in [0.25, 0.3) is 0 Å². The van der Waals surface area contributed by atoms with Gasteiger partial charge in [-0.2, -0.15) is 5.10 Å². The van der Waals surface area contributed by atoms with Crippen molar-refractivity contribution in [3.63, 3.8) is 0 Å².